The second-order valence-electron chi connectivity index (χ2n) is 5.79. The van der Waals surface area contributed by atoms with Crippen LogP contribution in [-0.4, -0.2) is 12.2 Å². The Balaban J connectivity index is 1.92. The first kappa shape index (κ1) is 13.2. The molecule has 2 aliphatic carbocycles. The molecule has 1 nitrogen and oxygen atoms in total. The van der Waals surface area contributed by atoms with E-state index in [9.17, 15) is 13.2 Å². The van der Waals surface area contributed by atoms with Gasteiger partial charge in [-0.3, -0.25) is 0 Å². The van der Waals surface area contributed by atoms with Crippen LogP contribution in [0.4, 0.5) is 13.2 Å². The standard InChI is InChI=1S/C13H22F3N/c14-13(15,16)11-7-3-6-10(8-11)12(17)9-4-1-2-5-9/h9-12H,1-8,17H2. The fraction of sp³-hybridized carbons (Fsp3) is 1.00. The van der Waals surface area contributed by atoms with Crippen LogP contribution in [0.15, 0.2) is 0 Å². The van der Waals surface area contributed by atoms with Crippen LogP contribution in [0, 0.1) is 17.8 Å². The molecule has 0 radical (unpaired) electrons. The Morgan fingerprint density at radius 1 is 0.882 bits per heavy atom. The lowest BCUT2D eigenvalue weighted by Gasteiger charge is -2.36. The third-order valence-electron chi connectivity index (χ3n) is 4.67. The SMILES string of the molecule is NC(C1CCCC1)C1CCCC(C(F)(F)F)C1. The lowest BCUT2D eigenvalue weighted by Crippen LogP contribution is -2.41. The normalized spacial score (nSPS) is 33.9. The van der Waals surface area contributed by atoms with E-state index in [1.54, 1.807) is 0 Å². The third kappa shape index (κ3) is 3.15. The zero-order valence-corrected chi connectivity index (χ0v) is 10.2. The maximum Gasteiger partial charge on any atom is 0.391 e. The van der Waals surface area contributed by atoms with Crippen molar-refractivity contribution >= 4 is 0 Å². The second kappa shape index (κ2) is 5.17. The Morgan fingerprint density at radius 3 is 2.06 bits per heavy atom. The van der Waals surface area contributed by atoms with Crippen molar-refractivity contribution in [3.8, 4) is 0 Å². The van der Waals surface area contributed by atoms with Crippen molar-refractivity contribution in [3.05, 3.63) is 0 Å². The number of alkyl halides is 3. The molecule has 17 heavy (non-hydrogen) atoms. The molecule has 0 bridgehead atoms. The van der Waals surface area contributed by atoms with E-state index in [1.807, 2.05) is 0 Å². The van der Waals surface area contributed by atoms with Crippen molar-refractivity contribution in [2.75, 3.05) is 0 Å². The summed E-state index contributed by atoms with van der Waals surface area (Å²) in [5, 5.41) is 0. The molecular weight excluding hydrogens is 227 g/mol. The molecule has 0 aromatic rings. The highest BCUT2D eigenvalue weighted by Gasteiger charge is 2.44. The molecule has 0 aliphatic heterocycles. The Labute approximate surface area is 101 Å². The van der Waals surface area contributed by atoms with Crippen molar-refractivity contribution in [2.45, 2.75) is 63.6 Å². The van der Waals surface area contributed by atoms with Crippen LogP contribution in [-0.2, 0) is 0 Å². The lowest BCUT2D eigenvalue weighted by molar-refractivity contribution is -0.186. The van der Waals surface area contributed by atoms with Gasteiger partial charge in [-0.05, 0) is 43.9 Å². The molecule has 2 fully saturated rings. The highest BCUT2D eigenvalue weighted by molar-refractivity contribution is 4.88. The van der Waals surface area contributed by atoms with E-state index in [2.05, 4.69) is 0 Å². The Hall–Kier alpha value is -0.250. The minimum Gasteiger partial charge on any atom is -0.327 e. The summed E-state index contributed by atoms with van der Waals surface area (Å²) in [4.78, 5) is 0. The molecule has 0 spiro atoms. The fourth-order valence-corrected chi connectivity index (χ4v) is 3.60. The van der Waals surface area contributed by atoms with Gasteiger partial charge in [-0.25, -0.2) is 0 Å². The molecule has 100 valence electrons. The van der Waals surface area contributed by atoms with Crippen LogP contribution in [0.25, 0.3) is 0 Å². The minimum atomic E-state index is -4.02. The molecule has 3 atom stereocenters. The van der Waals surface area contributed by atoms with E-state index in [1.165, 1.54) is 12.8 Å². The van der Waals surface area contributed by atoms with Crippen LogP contribution < -0.4 is 5.73 Å². The predicted molar refractivity (Wildman–Crippen MR) is 61.4 cm³/mol. The third-order valence-corrected chi connectivity index (χ3v) is 4.67. The zero-order chi connectivity index (χ0) is 12.5. The smallest absolute Gasteiger partial charge is 0.327 e. The summed E-state index contributed by atoms with van der Waals surface area (Å²) >= 11 is 0. The number of halogens is 3. The van der Waals surface area contributed by atoms with Crippen LogP contribution in [0.3, 0.4) is 0 Å². The summed E-state index contributed by atoms with van der Waals surface area (Å²) in [5.74, 6) is -0.529. The largest absolute Gasteiger partial charge is 0.391 e. The van der Waals surface area contributed by atoms with E-state index in [-0.39, 0.29) is 18.4 Å². The number of hydrogen-bond donors (Lipinski definition) is 1. The van der Waals surface area contributed by atoms with Crippen LogP contribution in [0.1, 0.15) is 51.4 Å². The van der Waals surface area contributed by atoms with Crippen molar-refractivity contribution in [3.63, 3.8) is 0 Å². The molecule has 0 aromatic heterocycles. The maximum atomic E-state index is 12.7. The van der Waals surface area contributed by atoms with Gasteiger partial charge in [-0.1, -0.05) is 19.3 Å². The van der Waals surface area contributed by atoms with Crippen molar-refractivity contribution in [2.24, 2.45) is 23.5 Å². The lowest BCUT2D eigenvalue weighted by atomic mass is 9.74. The summed E-state index contributed by atoms with van der Waals surface area (Å²) in [6, 6.07) is 0.00245. The molecule has 3 unspecified atom stereocenters. The molecule has 0 amide bonds. The highest BCUT2D eigenvalue weighted by Crippen LogP contribution is 2.43. The molecule has 2 rings (SSSR count). The first-order chi connectivity index (χ1) is 7.98. The van der Waals surface area contributed by atoms with E-state index in [0.717, 1.165) is 19.3 Å². The van der Waals surface area contributed by atoms with Crippen LogP contribution in [0.2, 0.25) is 0 Å². The number of hydrogen-bond acceptors (Lipinski definition) is 1. The van der Waals surface area contributed by atoms with E-state index in [0.29, 0.717) is 18.8 Å². The van der Waals surface area contributed by atoms with Gasteiger partial charge in [-0.15, -0.1) is 0 Å². The number of rotatable bonds is 2. The van der Waals surface area contributed by atoms with E-state index >= 15 is 0 Å². The van der Waals surface area contributed by atoms with Gasteiger partial charge >= 0.3 is 6.18 Å². The predicted octanol–water partition coefficient (Wildman–Crippen LogP) is 3.87. The highest BCUT2D eigenvalue weighted by atomic mass is 19.4. The first-order valence-electron chi connectivity index (χ1n) is 6.81. The zero-order valence-electron chi connectivity index (χ0n) is 10.2. The Morgan fingerprint density at radius 2 is 1.47 bits per heavy atom. The fourth-order valence-electron chi connectivity index (χ4n) is 3.60. The molecule has 0 aromatic carbocycles. The van der Waals surface area contributed by atoms with E-state index in [4.69, 9.17) is 5.73 Å². The van der Waals surface area contributed by atoms with E-state index < -0.39 is 12.1 Å². The summed E-state index contributed by atoms with van der Waals surface area (Å²) < 4.78 is 38.1. The van der Waals surface area contributed by atoms with Crippen molar-refractivity contribution in [1.29, 1.82) is 0 Å². The first-order valence-corrected chi connectivity index (χ1v) is 6.81. The average molecular weight is 249 g/mol. The Kier molecular flexibility index (Phi) is 4.01. The second-order valence-corrected chi connectivity index (χ2v) is 5.79. The van der Waals surface area contributed by atoms with Gasteiger partial charge in [0.05, 0.1) is 5.92 Å². The molecule has 2 aliphatic rings. The van der Waals surface area contributed by atoms with Crippen molar-refractivity contribution < 1.29 is 13.2 Å². The van der Waals surface area contributed by atoms with Crippen molar-refractivity contribution in [1.82, 2.24) is 0 Å². The maximum absolute atomic E-state index is 12.7. The molecule has 2 saturated carbocycles. The molecule has 0 saturated heterocycles. The minimum absolute atomic E-state index is 0.00245. The molecule has 2 N–H and O–H groups in total. The summed E-state index contributed by atoms with van der Waals surface area (Å²) in [6.07, 6.45) is 2.77. The summed E-state index contributed by atoms with van der Waals surface area (Å²) in [5.41, 5.74) is 6.19. The average Bonchev–Trinajstić information content (AvgIpc) is 2.80. The topological polar surface area (TPSA) is 26.0 Å². The van der Waals surface area contributed by atoms with Gasteiger partial charge in [0.2, 0.25) is 0 Å². The van der Waals surface area contributed by atoms with Gasteiger partial charge in [0.15, 0.2) is 0 Å². The van der Waals surface area contributed by atoms with Crippen LogP contribution >= 0.6 is 0 Å². The molecular formula is C13H22F3N. The summed E-state index contributed by atoms with van der Waals surface area (Å²) in [7, 11) is 0. The monoisotopic (exact) mass is 249 g/mol. The quantitative estimate of drug-likeness (QED) is 0.789. The van der Waals surface area contributed by atoms with Gasteiger partial charge < -0.3 is 5.73 Å². The Bertz CT molecular complexity index is 246. The van der Waals surface area contributed by atoms with Gasteiger partial charge in [0.1, 0.15) is 0 Å². The van der Waals surface area contributed by atoms with Gasteiger partial charge in [0, 0.05) is 6.04 Å². The van der Waals surface area contributed by atoms with Gasteiger partial charge in [-0.2, -0.15) is 13.2 Å². The summed E-state index contributed by atoms with van der Waals surface area (Å²) in [6.45, 7) is 0. The molecule has 4 heteroatoms. The molecule has 0 heterocycles. The van der Waals surface area contributed by atoms with Gasteiger partial charge in [0.25, 0.3) is 0 Å². The number of nitrogens with two attached hydrogens (primary N) is 1. The van der Waals surface area contributed by atoms with Crippen LogP contribution in [0.5, 0.6) is 0 Å².